The third-order valence-electron chi connectivity index (χ3n) is 4.38. The molecule has 1 aromatic heterocycles. The molecule has 6 nitrogen and oxygen atoms in total. The Labute approximate surface area is 189 Å². The topological polar surface area (TPSA) is 76.2 Å². The Bertz CT molecular complexity index is 1110. The zero-order chi connectivity index (χ0) is 21.8. The maximum atomic E-state index is 12.1. The van der Waals surface area contributed by atoms with Gasteiger partial charge in [0.05, 0.1) is 17.1 Å². The summed E-state index contributed by atoms with van der Waals surface area (Å²) in [5.74, 6) is 0.0191. The van der Waals surface area contributed by atoms with E-state index >= 15 is 0 Å². The molecule has 2 aromatic carbocycles. The second-order valence-corrected chi connectivity index (χ2v) is 8.20. The van der Waals surface area contributed by atoms with E-state index in [2.05, 4.69) is 10.2 Å². The van der Waals surface area contributed by atoms with Gasteiger partial charge in [-0.1, -0.05) is 34.8 Å². The average Bonchev–Trinajstić information content (AvgIpc) is 2.95. The van der Waals surface area contributed by atoms with Crippen molar-refractivity contribution in [2.45, 2.75) is 32.7 Å². The van der Waals surface area contributed by atoms with Crippen LogP contribution in [0, 0.1) is 0 Å². The molecule has 0 saturated heterocycles. The summed E-state index contributed by atoms with van der Waals surface area (Å²) in [4.78, 5) is 12.1. The van der Waals surface area contributed by atoms with Gasteiger partial charge in [0.2, 0.25) is 5.88 Å². The molecule has 0 unspecified atom stereocenters. The largest absolute Gasteiger partial charge is 0.493 e. The van der Waals surface area contributed by atoms with Crippen LogP contribution in [0.4, 0.5) is 5.69 Å². The summed E-state index contributed by atoms with van der Waals surface area (Å²) < 4.78 is 7.27. The summed E-state index contributed by atoms with van der Waals surface area (Å²) >= 11 is 18.0. The monoisotopic (exact) mass is 467 g/mol. The van der Waals surface area contributed by atoms with E-state index in [1.807, 2.05) is 13.8 Å². The standard InChI is InChI=1S/C21H20Cl3N3O3/c1-12(2)27-17-7-5-13(22)10-15(17)20(21(27)29)26-25-19(28)4-3-9-30-18-8-6-14(23)11-16(18)24/h5-8,10-12,29H,3-4,9H2,1-2H3. The average molecular weight is 469 g/mol. The second kappa shape index (κ2) is 9.69. The van der Waals surface area contributed by atoms with Crippen LogP contribution in [-0.4, -0.2) is 22.2 Å². The van der Waals surface area contributed by atoms with Crippen molar-refractivity contribution in [2.75, 3.05) is 6.61 Å². The highest BCUT2D eigenvalue weighted by molar-refractivity contribution is 6.35. The fraction of sp³-hybridized carbons (Fsp3) is 0.286. The number of aromatic nitrogens is 1. The summed E-state index contributed by atoms with van der Waals surface area (Å²) in [6, 6.07) is 10.2. The summed E-state index contributed by atoms with van der Waals surface area (Å²) in [6.07, 6.45) is 0.571. The molecule has 0 spiro atoms. The van der Waals surface area contributed by atoms with E-state index in [4.69, 9.17) is 39.5 Å². The lowest BCUT2D eigenvalue weighted by Gasteiger charge is -2.10. The first kappa shape index (κ1) is 22.4. The van der Waals surface area contributed by atoms with Gasteiger partial charge in [0.15, 0.2) is 5.69 Å². The normalized spacial score (nSPS) is 11.7. The predicted molar refractivity (Wildman–Crippen MR) is 120 cm³/mol. The van der Waals surface area contributed by atoms with E-state index in [9.17, 15) is 9.90 Å². The number of rotatable bonds is 7. The molecule has 0 aliphatic heterocycles. The zero-order valence-electron chi connectivity index (χ0n) is 16.4. The fourth-order valence-electron chi connectivity index (χ4n) is 3.03. The Morgan fingerprint density at radius 1 is 1.13 bits per heavy atom. The smallest absolute Gasteiger partial charge is 0.264 e. The van der Waals surface area contributed by atoms with Crippen LogP contribution in [0.25, 0.3) is 10.9 Å². The first-order valence-electron chi connectivity index (χ1n) is 9.32. The highest BCUT2D eigenvalue weighted by Crippen LogP contribution is 2.41. The Morgan fingerprint density at radius 3 is 2.53 bits per heavy atom. The fourth-order valence-corrected chi connectivity index (χ4v) is 3.67. The van der Waals surface area contributed by atoms with Crippen molar-refractivity contribution >= 4 is 57.3 Å². The molecule has 0 fully saturated rings. The van der Waals surface area contributed by atoms with Gasteiger partial charge in [-0.3, -0.25) is 4.79 Å². The molecule has 0 bridgehead atoms. The molecule has 1 heterocycles. The van der Waals surface area contributed by atoms with Gasteiger partial charge >= 0.3 is 0 Å². The maximum absolute atomic E-state index is 12.1. The Kier molecular flexibility index (Phi) is 7.23. The number of benzene rings is 2. The van der Waals surface area contributed by atoms with E-state index in [1.165, 1.54) is 0 Å². The van der Waals surface area contributed by atoms with Crippen molar-refractivity contribution < 1.29 is 14.6 Å². The van der Waals surface area contributed by atoms with Crippen LogP contribution >= 0.6 is 34.8 Å². The van der Waals surface area contributed by atoms with E-state index in [1.54, 1.807) is 41.0 Å². The van der Waals surface area contributed by atoms with Crippen LogP contribution in [0.2, 0.25) is 15.1 Å². The molecule has 3 aromatic rings. The quantitative estimate of drug-likeness (QED) is 0.291. The Hall–Kier alpha value is -2.28. The number of aromatic hydroxyl groups is 1. The van der Waals surface area contributed by atoms with Gasteiger partial charge in [-0.2, -0.15) is 0 Å². The third-order valence-corrected chi connectivity index (χ3v) is 5.14. The molecule has 1 N–H and O–H groups in total. The van der Waals surface area contributed by atoms with Gasteiger partial charge in [0, 0.05) is 27.9 Å². The van der Waals surface area contributed by atoms with Gasteiger partial charge < -0.3 is 14.4 Å². The molecule has 0 atom stereocenters. The molecule has 0 saturated carbocycles. The molecule has 0 aliphatic rings. The first-order valence-corrected chi connectivity index (χ1v) is 10.5. The summed E-state index contributed by atoms with van der Waals surface area (Å²) in [7, 11) is 0. The van der Waals surface area contributed by atoms with Crippen LogP contribution < -0.4 is 4.74 Å². The summed E-state index contributed by atoms with van der Waals surface area (Å²) in [5, 5.41) is 20.4. The minimum atomic E-state index is -0.423. The van der Waals surface area contributed by atoms with Crippen LogP contribution in [0.5, 0.6) is 11.6 Å². The minimum Gasteiger partial charge on any atom is -0.493 e. The molecule has 1 amide bonds. The number of azo groups is 1. The number of fused-ring (bicyclic) bond motifs is 1. The van der Waals surface area contributed by atoms with Gasteiger partial charge in [-0.15, -0.1) is 10.2 Å². The number of hydrogen-bond acceptors (Lipinski definition) is 4. The lowest BCUT2D eigenvalue weighted by atomic mass is 10.2. The van der Waals surface area contributed by atoms with Crippen molar-refractivity contribution in [3.05, 3.63) is 51.5 Å². The van der Waals surface area contributed by atoms with Gasteiger partial charge in [0.1, 0.15) is 5.75 Å². The van der Waals surface area contributed by atoms with Gasteiger partial charge in [-0.25, -0.2) is 0 Å². The SMILES string of the molecule is CC(C)n1c(O)c(N=NC(=O)CCCOc2ccc(Cl)cc2Cl)c2cc(Cl)ccc21. The van der Waals surface area contributed by atoms with Crippen molar-refractivity contribution in [3.63, 3.8) is 0 Å². The molecule has 3 rings (SSSR count). The van der Waals surface area contributed by atoms with Crippen LogP contribution in [0.3, 0.4) is 0 Å². The lowest BCUT2D eigenvalue weighted by molar-refractivity contribution is -0.118. The number of carbonyl (C=O) groups is 1. The van der Waals surface area contributed by atoms with Gasteiger partial charge in [0.25, 0.3) is 5.91 Å². The van der Waals surface area contributed by atoms with Crippen LogP contribution in [-0.2, 0) is 4.79 Å². The molecule has 30 heavy (non-hydrogen) atoms. The number of hydrogen-bond donors (Lipinski definition) is 1. The van der Waals surface area contributed by atoms with Crippen LogP contribution in [0.15, 0.2) is 46.6 Å². The third kappa shape index (κ3) is 5.06. The number of amides is 1. The molecular formula is C21H20Cl3N3O3. The highest BCUT2D eigenvalue weighted by atomic mass is 35.5. The van der Waals surface area contributed by atoms with E-state index in [0.29, 0.717) is 32.6 Å². The molecule has 0 radical (unpaired) electrons. The summed E-state index contributed by atoms with van der Waals surface area (Å²) in [5.41, 5.74) is 0.986. The first-order chi connectivity index (χ1) is 14.3. The van der Waals surface area contributed by atoms with Crippen molar-refractivity contribution in [1.29, 1.82) is 0 Å². The van der Waals surface area contributed by atoms with Crippen LogP contribution in [0.1, 0.15) is 32.7 Å². The zero-order valence-corrected chi connectivity index (χ0v) is 18.7. The number of ether oxygens (including phenoxy) is 1. The highest BCUT2D eigenvalue weighted by Gasteiger charge is 2.19. The molecular weight excluding hydrogens is 449 g/mol. The number of halogens is 3. The molecule has 158 valence electrons. The van der Waals surface area contributed by atoms with Crippen molar-refractivity contribution in [1.82, 2.24) is 4.57 Å². The Morgan fingerprint density at radius 2 is 1.83 bits per heavy atom. The van der Waals surface area contributed by atoms with E-state index in [-0.39, 0.29) is 30.6 Å². The predicted octanol–water partition coefficient (Wildman–Crippen LogP) is 7.36. The molecule has 9 heteroatoms. The van der Waals surface area contributed by atoms with E-state index in [0.717, 1.165) is 5.52 Å². The Balaban J connectivity index is 1.65. The van der Waals surface area contributed by atoms with Crippen molar-refractivity contribution in [3.8, 4) is 11.6 Å². The minimum absolute atomic E-state index is 0.00910. The van der Waals surface area contributed by atoms with E-state index < -0.39 is 5.91 Å². The number of carbonyl (C=O) groups excluding carboxylic acids is 1. The van der Waals surface area contributed by atoms with Crippen molar-refractivity contribution in [2.24, 2.45) is 10.2 Å². The lowest BCUT2D eigenvalue weighted by Crippen LogP contribution is -2.01. The summed E-state index contributed by atoms with van der Waals surface area (Å²) in [6.45, 7) is 4.16. The molecule has 0 aliphatic carbocycles. The second-order valence-electron chi connectivity index (χ2n) is 6.92. The van der Waals surface area contributed by atoms with Gasteiger partial charge in [-0.05, 0) is 56.7 Å². The maximum Gasteiger partial charge on any atom is 0.264 e. The number of nitrogens with zero attached hydrogens (tertiary/aromatic N) is 3.